The molecule has 86 valence electrons. The van der Waals surface area contributed by atoms with Gasteiger partial charge in [-0.15, -0.1) is 0 Å². The van der Waals surface area contributed by atoms with E-state index < -0.39 is 0 Å². The van der Waals surface area contributed by atoms with Gasteiger partial charge in [0.25, 0.3) is 0 Å². The molecule has 0 bridgehead atoms. The molecule has 0 radical (unpaired) electrons. The second kappa shape index (κ2) is 5.95. The van der Waals surface area contributed by atoms with Crippen LogP contribution in [0.4, 0.5) is 0 Å². The average molecular weight is 220 g/mol. The van der Waals surface area contributed by atoms with Gasteiger partial charge in [0.05, 0.1) is 20.6 Å². The predicted molar refractivity (Wildman–Crippen MR) is 63.4 cm³/mol. The Hall–Kier alpha value is -1.77. The molecule has 0 atom stereocenters. The summed E-state index contributed by atoms with van der Waals surface area (Å²) in [4.78, 5) is 10.9. The van der Waals surface area contributed by atoms with Crippen molar-refractivity contribution in [3.8, 4) is 5.75 Å². The largest absolute Gasteiger partial charge is 0.496 e. The quantitative estimate of drug-likeness (QED) is 0.731. The second-order valence-corrected chi connectivity index (χ2v) is 3.43. The third-order valence-electron chi connectivity index (χ3n) is 2.20. The molecule has 16 heavy (non-hydrogen) atoms. The molecule has 0 N–H and O–H groups in total. The maximum Gasteiger partial charge on any atom is 0.309 e. The highest BCUT2D eigenvalue weighted by molar-refractivity contribution is 5.73. The minimum Gasteiger partial charge on any atom is -0.496 e. The number of aryl methyl sites for hydroxylation is 1. The Morgan fingerprint density at radius 3 is 2.75 bits per heavy atom. The van der Waals surface area contributed by atoms with Gasteiger partial charge in [-0.2, -0.15) is 0 Å². The molecule has 0 fully saturated rings. The summed E-state index contributed by atoms with van der Waals surface area (Å²) in [5, 5.41) is 0. The van der Waals surface area contributed by atoms with E-state index in [1.807, 2.05) is 31.2 Å². The number of esters is 1. The zero-order chi connectivity index (χ0) is 12.0. The van der Waals surface area contributed by atoms with Gasteiger partial charge >= 0.3 is 5.97 Å². The Morgan fingerprint density at radius 1 is 1.38 bits per heavy atom. The molecule has 0 aliphatic carbocycles. The molecule has 0 spiro atoms. The number of ether oxygens (including phenoxy) is 2. The maximum atomic E-state index is 10.9. The average Bonchev–Trinajstić information content (AvgIpc) is 2.30. The van der Waals surface area contributed by atoms with Gasteiger partial charge in [0.2, 0.25) is 0 Å². The molecule has 1 rings (SSSR count). The van der Waals surface area contributed by atoms with Gasteiger partial charge in [0.15, 0.2) is 0 Å². The summed E-state index contributed by atoms with van der Waals surface area (Å²) < 4.78 is 9.78. The molecule has 0 aliphatic rings. The van der Waals surface area contributed by atoms with Crippen LogP contribution < -0.4 is 4.74 Å². The summed E-state index contributed by atoms with van der Waals surface area (Å²) in [6, 6.07) is 5.92. The van der Waals surface area contributed by atoms with Crippen molar-refractivity contribution in [2.45, 2.75) is 13.3 Å². The third kappa shape index (κ3) is 3.42. The summed E-state index contributed by atoms with van der Waals surface area (Å²) in [6.07, 6.45) is 3.89. The lowest BCUT2D eigenvalue weighted by atomic mass is 10.1. The highest BCUT2D eigenvalue weighted by atomic mass is 16.5. The van der Waals surface area contributed by atoms with Crippen LogP contribution >= 0.6 is 0 Å². The fourth-order valence-corrected chi connectivity index (χ4v) is 1.32. The number of carbonyl (C=O) groups excluding carboxylic acids is 1. The van der Waals surface area contributed by atoms with Crippen molar-refractivity contribution in [1.29, 1.82) is 0 Å². The van der Waals surface area contributed by atoms with Crippen LogP contribution in [0.3, 0.4) is 0 Å². The molecule has 0 unspecified atom stereocenters. The van der Waals surface area contributed by atoms with Crippen LogP contribution in [0, 0.1) is 6.92 Å². The van der Waals surface area contributed by atoms with Gasteiger partial charge in [-0.3, -0.25) is 4.79 Å². The van der Waals surface area contributed by atoms with E-state index >= 15 is 0 Å². The molecule has 3 nitrogen and oxygen atoms in total. The lowest BCUT2D eigenvalue weighted by Crippen LogP contribution is -1.96. The van der Waals surface area contributed by atoms with Crippen LogP contribution in [-0.4, -0.2) is 20.2 Å². The van der Waals surface area contributed by atoms with Gasteiger partial charge < -0.3 is 9.47 Å². The lowest BCUT2D eigenvalue weighted by molar-refractivity contribution is -0.139. The third-order valence-corrected chi connectivity index (χ3v) is 2.20. The first kappa shape index (κ1) is 12.3. The Morgan fingerprint density at radius 2 is 2.12 bits per heavy atom. The minimum absolute atomic E-state index is 0.248. The molecular formula is C13H16O3. The molecule has 0 aliphatic heterocycles. The first-order valence-corrected chi connectivity index (χ1v) is 5.05. The van der Waals surface area contributed by atoms with Gasteiger partial charge in [-0.05, 0) is 18.6 Å². The highest BCUT2D eigenvalue weighted by Crippen LogP contribution is 2.21. The number of carbonyl (C=O) groups is 1. The predicted octanol–water partition coefficient (Wildman–Crippen LogP) is 2.58. The van der Waals surface area contributed by atoms with Crippen molar-refractivity contribution in [3.63, 3.8) is 0 Å². The number of hydrogen-bond donors (Lipinski definition) is 0. The monoisotopic (exact) mass is 220 g/mol. The summed E-state index contributed by atoms with van der Waals surface area (Å²) in [6.45, 7) is 2.00. The number of rotatable bonds is 4. The maximum absolute atomic E-state index is 10.9. The summed E-state index contributed by atoms with van der Waals surface area (Å²) in [5.74, 6) is 0.559. The zero-order valence-electron chi connectivity index (χ0n) is 9.82. The SMILES string of the molecule is COC(=O)CC=Cc1ccc(C)cc1OC. The van der Waals surface area contributed by atoms with E-state index in [0.29, 0.717) is 0 Å². The number of hydrogen-bond acceptors (Lipinski definition) is 3. The molecule has 0 heterocycles. The lowest BCUT2D eigenvalue weighted by Gasteiger charge is -2.05. The minimum atomic E-state index is -0.248. The van der Waals surface area contributed by atoms with E-state index in [9.17, 15) is 4.79 Å². The van der Waals surface area contributed by atoms with Crippen LogP contribution in [0.25, 0.3) is 6.08 Å². The van der Waals surface area contributed by atoms with Crippen LogP contribution in [-0.2, 0) is 9.53 Å². The van der Waals surface area contributed by atoms with E-state index in [2.05, 4.69) is 4.74 Å². The van der Waals surface area contributed by atoms with E-state index in [4.69, 9.17) is 4.74 Å². The molecule has 1 aromatic carbocycles. The molecule has 1 aromatic rings. The molecule has 0 saturated carbocycles. The van der Waals surface area contributed by atoms with Crippen molar-refractivity contribution in [2.75, 3.05) is 14.2 Å². The van der Waals surface area contributed by atoms with Gasteiger partial charge in [-0.25, -0.2) is 0 Å². The number of methoxy groups -OCH3 is 2. The molecule has 0 saturated heterocycles. The molecule has 0 amide bonds. The Bertz CT molecular complexity index is 394. The normalized spacial score (nSPS) is 10.4. The standard InChI is InChI=1S/C13H16O3/c1-10-7-8-11(12(9-10)15-2)5-4-6-13(14)16-3/h4-5,7-9H,6H2,1-3H3. The Balaban J connectivity index is 2.76. The van der Waals surface area contributed by atoms with Crippen molar-refractivity contribution < 1.29 is 14.3 Å². The second-order valence-electron chi connectivity index (χ2n) is 3.43. The number of benzene rings is 1. The van der Waals surface area contributed by atoms with Crippen molar-refractivity contribution in [2.24, 2.45) is 0 Å². The Labute approximate surface area is 95.7 Å². The smallest absolute Gasteiger partial charge is 0.309 e. The highest BCUT2D eigenvalue weighted by Gasteiger charge is 2.00. The van der Waals surface area contributed by atoms with E-state index in [1.165, 1.54) is 7.11 Å². The fraction of sp³-hybridized carbons (Fsp3) is 0.308. The van der Waals surface area contributed by atoms with E-state index in [0.717, 1.165) is 16.9 Å². The van der Waals surface area contributed by atoms with E-state index in [1.54, 1.807) is 13.2 Å². The Kier molecular flexibility index (Phi) is 4.58. The summed E-state index contributed by atoms with van der Waals surface area (Å²) >= 11 is 0. The first-order chi connectivity index (χ1) is 7.67. The molecule has 0 aromatic heterocycles. The van der Waals surface area contributed by atoms with Crippen LogP contribution in [0.15, 0.2) is 24.3 Å². The molecule has 3 heteroatoms. The van der Waals surface area contributed by atoms with Crippen molar-refractivity contribution in [3.05, 3.63) is 35.4 Å². The summed E-state index contributed by atoms with van der Waals surface area (Å²) in [5.41, 5.74) is 2.10. The zero-order valence-corrected chi connectivity index (χ0v) is 9.82. The fourth-order valence-electron chi connectivity index (χ4n) is 1.32. The van der Waals surface area contributed by atoms with E-state index in [-0.39, 0.29) is 12.4 Å². The topological polar surface area (TPSA) is 35.5 Å². The van der Waals surface area contributed by atoms with Crippen molar-refractivity contribution in [1.82, 2.24) is 0 Å². The van der Waals surface area contributed by atoms with Gasteiger partial charge in [0.1, 0.15) is 5.75 Å². The van der Waals surface area contributed by atoms with Gasteiger partial charge in [-0.1, -0.05) is 24.3 Å². The van der Waals surface area contributed by atoms with Crippen molar-refractivity contribution >= 4 is 12.0 Å². The van der Waals surface area contributed by atoms with Gasteiger partial charge in [0, 0.05) is 5.56 Å². The molecular weight excluding hydrogens is 204 g/mol. The first-order valence-electron chi connectivity index (χ1n) is 5.05. The van der Waals surface area contributed by atoms with Crippen LogP contribution in [0.2, 0.25) is 0 Å². The van der Waals surface area contributed by atoms with Crippen LogP contribution in [0.1, 0.15) is 17.5 Å². The summed E-state index contributed by atoms with van der Waals surface area (Å²) in [7, 11) is 3.01. The van der Waals surface area contributed by atoms with Crippen LogP contribution in [0.5, 0.6) is 5.75 Å².